The van der Waals surface area contributed by atoms with Crippen LogP contribution in [0, 0.1) is 0 Å². The summed E-state index contributed by atoms with van der Waals surface area (Å²) in [6.45, 7) is 0. The number of para-hydroxylation sites is 1. The van der Waals surface area contributed by atoms with Crippen molar-refractivity contribution >= 4 is 80.9 Å². The molecule has 44 heavy (non-hydrogen) atoms. The van der Waals surface area contributed by atoms with Crippen LogP contribution in [-0.4, -0.2) is 0 Å². The third-order valence-electron chi connectivity index (χ3n) is 8.82. The van der Waals surface area contributed by atoms with E-state index in [2.05, 4.69) is 169 Å². The van der Waals surface area contributed by atoms with Crippen LogP contribution in [0.15, 0.2) is 164 Å². The van der Waals surface area contributed by atoms with Gasteiger partial charge in [-0.1, -0.05) is 127 Å². The molecule has 0 amide bonds. The lowest BCUT2D eigenvalue weighted by Gasteiger charge is -2.28. The molecule has 0 aliphatic heterocycles. The largest absolute Gasteiger partial charge is 0.310 e. The topological polar surface area (TPSA) is 3.24 Å². The minimum atomic E-state index is 1.14. The van der Waals surface area contributed by atoms with E-state index in [-0.39, 0.29) is 0 Å². The number of fused-ring (bicyclic) bond motifs is 8. The van der Waals surface area contributed by atoms with E-state index in [0.29, 0.717) is 0 Å². The van der Waals surface area contributed by atoms with E-state index in [9.17, 15) is 0 Å². The summed E-state index contributed by atoms with van der Waals surface area (Å²) in [5.41, 5.74) is 5.85. The van der Waals surface area contributed by atoms with E-state index in [4.69, 9.17) is 0 Å². The second-order valence-electron chi connectivity index (χ2n) is 11.4. The Balaban J connectivity index is 1.30. The molecule has 0 saturated heterocycles. The summed E-state index contributed by atoms with van der Waals surface area (Å²) >= 11 is 1.86. The van der Waals surface area contributed by atoms with Gasteiger partial charge in [0.25, 0.3) is 0 Å². The van der Waals surface area contributed by atoms with E-state index in [1.54, 1.807) is 0 Å². The van der Waals surface area contributed by atoms with E-state index in [0.717, 1.165) is 17.1 Å². The van der Waals surface area contributed by atoms with E-state index >= 15 is 0 Å². The molecular weight excluding hydrogens is 551 g/mol. The van der Waals surface area contributed by atoms with E-state index in [1.165, 1.54) is 63.6 Å². The Hall–Kier alpha value is -5.44. The first-order valence-corrected chi connectivity index (χ1v) is 15.8. The third kappa shape index (κ3) is 4.00. The lowest BCUT2D eigenvalue weighted by molar-refractivity contribution is 1.30. The van der Waals surface area contributed by atoms with Crippen molar-refractivity contribution in [2.75, 3.05) is 4.90 Å². The van der Waals surface area contributed by atoms with Gasteiger partial charge in [0, 0.05) is 37.1 Å². The van der Waals surface area contributed by atoms with Gasteiger partial charge in [0.1, 0.15) is 0 Å². The fourth-order valence-electron chi connectivity index (χ4n) is 6.77. The fourth-order valence-corrected chi connectivity index (χ4v) is 7.91. The Morgan fingerprint density at radius 3 is 1.89 bits per heavy atom. The smallest absolute Gasteiger partial charge is 0.0540 e. The molecule has 0 N–H and O–H groups in total. The van der Waals surface area contributed by atoms with Crippen LogP contribution in [0.25, 0.3) is 63.6 Å². The molecule has 1 heterocycles. The zero-order valence-corrected chi connectivity index (χ0v) is 24.8. The number of anilines is 3. The molecule has 0 fully saturated rings. The van der Waals surface area contributed by atoms with Gasteiger partial charge in [0.15, 0.2) is 0 Å². The first kappa shape index (κ1) is 25.1. The van der Waals surface area contributed by atoms with E-state index in [1.807, 2.05) is 11.3 Å². The predicted molar refractivity (Wildman–Crippen MR) is 192 cm³/mol. The normalized spacial score (nSPS) is 11.6. The summed E-state index contributed by atoms with van der Waals surface area (Å²) in [6.07, 6.45) is 0. The molecule has 8 aromatic carbocycles. The molecule has 0 aliphatic rings. The van der Waals surface area contributed by atoms with Gasteiger partial charge in [-0.25, -0.2) is 0 Å². The van der Waals surface area contributed by atoms with Crippen LogP contribution in [0.1, 0.15) is 0 Å². The molecule has 9 aromatic rings. The van der Waals surface area contributed by atoms with Gasteiger partial charge in [-0.3, -0.25) is 0 Å². The van der Waals surface area contributed by atoms with Crippen molar-refractivity contribution in [2.24, 2.45) is 0 Å². The van der Waals surface area contributed by atoms with Crippen LogP contribution < -0.4 is 4.90 Å². The Labute approximate surface area is 259 Å². The molecule has 0 aliphatic carbocycles. The van der Waals surface area contributed by atoms with Crippen molar-refractivity contribution in [1.82, 2.24) is 0 Å². The Bertz CT molecular complexity index is 2510. The summed E-state index contributed by atoms with van der Waals surface area (Å²) in [7, 11) is 0. The summed E-state index contributed by atoms with van der Waals surface area (Å²) in [6, 6.07) is 59.8. The Kier molecular flexibility index (Phi) is 5.75. The first-order valence-electron chi connectivity index (χ1n) is 15.0. The van der Waals surface area contributed by atoms with Crippen LogP contribution in [0.2, 0.25) is 0 Å². The summed E-state index contributed by atoms with van der Waals surface area (Å²) in [4.78, 5) is 2.43. The molecule has 0 radical (unpaired) electrons. The highest BCUT2D eigenvalue weighted by atomic mass is 32.1. The van der Waals surface area contributed by atoms with Crippen molar-refractivity contribution in [3.05, 3.63) is 164 Å². The molecular formula is C42H27NS. The Morgan fingerprint density at radius 2 is 1.00 bits per heavy atom. The average Bonchev–Trinajstić information content (AvgIpc) is 3.46. The van der Waals surface area contributed by atoms with Crippen LogP contribution >= 0.6 is 11.3 Å². The van der Waals surface area contributed by atoms with Gasteiger partial charge in [-0.15, -0.1) is 11.3 Å². The zero-order chi connectivity index (χ0) is 29.0. The molecule has 0 atom stereocenters. The molecule has 206 valence electrons. The van der Waals surface area contributed by atoms with Crippen LogP contribution in [0.3, 0.4) is 0 Å². The Morgan fingerprint density at radius 1 is 0.386 bits per heavy atom. The van der Waals surface area contributed by atoms with E-state index < -0.39 is 0 Å². The third-order valence-corrected chi connectivity index (χ3v) is 9.95. The van der Waals surface area contributed by atoms with Crippen molar-refractivity contribution in [3.63, 3.8) is 0 Å². The first-order chi connectivity index (χ1) is 21.8. The summed E-state index contributed by atoms with van der Waals surface area (Å²) in [5.74, 6) is 0. The van der Waals surface area contributed by atoms with Crippen LogP contribution in [0.4, 0.5) is 17.1 Å². The van der Waals surface area contributed by atoms with Gasteiger partial charge in [0.05, 0.1) is 5.69 Å². The number of hydrogen-bond donors (Lipinski definition) is 0. The van der Waals surface area contributed by atoms with Crippen molar-refractivity contribution < 1.29 is 0 Å². The van der Waals surface area contributed by atoms with Gasteiger partial charge < -0.3 is 4.90 Å². The zero-order valence-electron chi connectivity index (χ0n) is 23.9. The number of hydrogen-bond acceptors (Lipinski definition) is 2. The minimum absolute atomic E-state index is 1.14. The standard InChI is InChI=1S/C42H27NS/c1-2-10-28(11-3-1)34-13-6-8-16-39(34)43(33-23-25-38-37-15-7-9-17-40(37)44-41(38)27-33)32-22-24-36-31(26-32)21-20-30-19-18-29-12-4-5-14-35(29)42(30)36/h1-27H. The number of nitrogens with zero attached hydrogens (tertiary/aromatic N) is 1. The van der Waals surface area contributed by atoms with Gasteiger partial charge in [-0.2, -0.15) is 0 Å². The number of rotatable bonds is 4. The molecule has 9 rings (SSSR count). The predicted octanol–water partition coefficient (Wildman–Crippen LogP) is 12.7. The molecule has 1 aromatic heterocycles. The van der Waals surface area contributed by atoms with Crippen molar-refractivity contribution in [3.8, 4) is 11.1 Å². The molecule has 0 bridgehead atoms. The summed E-state index contributed by atoms with van der Waals surface area (Å²) in [5, 5.41) is 10.3. The second kappa shape index (κ2) is 10.1. The molecule has 2 heteroatoms. The van der Waals surface area contributed by atoms with Gasteiger partial charge in [0.2, 0.25) is 0 Å². The maximum atomic E-state index is 2.43. The molecule has 0 spiro atoms. The fraction of sp³-hybridized carbons (Fsp3) is 0. The highest BCUT2D eigenvalue weighted by Crippen LogP contribution is 2.45. The highest BCUT2D eigenvalue weighted by molar-refractivity contribution is 7.25. The van der Waals surface area contributed by atoms with Crippen molar-refractivity contribution in [1.29, 1.82) is 0 Å². The second-order valence-corrected chi connectivity index (χ2v) is 12.4. The highest BCUT2D eigenvalue weighted by Gasteiger charge is 2.19. The minimum Gasteiger partial charge on any atom is -0.310 e. The van der Waals surface area contributed by atoms with Gasteiger partial charge >= 0.3 is 0 Å². The van der Waals surface area contributed by atoms with Gasteiger partial charge in [-0.05, 0) is 74.3 Å². The SMILES string of the molecule is c1ccc(-c2ccccc2N(c2ccc3c(ccc4ccc5ccccc5c43)c2)c2ccc3c(c2)sc2ccccc23)cc1. The summed E-state index contributed by atoms with van der Waals surface area (Å²) < 4.78 is 2.62. The number of benzene rings is 8. The molecule has 0 unspecified atom stereocenters. The number of thiophene rings is 1. The maximum Gasteiger partial charge on any atom is 0.0540 e. The quantitative estimate of drug-likeness (QED) is 0.188. The lowest BCUT2D eigenvalue weighted by Crippen LogP contribution is -2.11. The monoisotopic (exact) mass is 577 g/mol. The molecule has 0 saturated carbocycles. The lowest BCUT2D eigenvalue weighted by atomic mass is 9.96. The van der Waals surface area contributed by atoms with Crippen LogP contribution in [-0.2, 0) is 0 Å². The van der Waals surface area contributed by atoms with Crippen molar-refractivity contribution in [2.45, 2.75) is 0 Å². The maximum absolute atomic E-state index is 2.43. The van der Waals surface area contributed by atoms with Crippen LogP contribution in [0.5, 0.6) is 0 Å². The average molecular weight is 578 g/mol. The molecule has 1 nitrogen and oxygen atoms in total.